The van der Waals surface area contributed by atoms with Gasteiger partial charge in [0.25, 0.3) is 5.91 Å². The van der Waals surface area contributed by atoms with Gasteiger partial charge in [-0.1, -0.05) is 0 Å². The molecule has 0 unspecified atom stereocenters. The lowest BCUT2D eigenvalue weighted by atomic mass is 10.2. The van der Waals surface area contributed by atoms with Crippen LogP contribution in [0.15, 0.2) is 30.6 Å². The van der Waals surface area contributed by atoms with Crippen LogP contribution in [0.4, 0.5) is 11.5 Å². The van der Waals surface area contributed by atoms with Gasteiger partial charge in [0.1, 0.15) is 0 Å². The first-order chi connectivity index (χ1) is 8.70. The number of carbonyl (C=O) groups excluding carboxylic acids is 1. The second kappa shape index (κ2) is 5.22. The van der Waals surface area contributed by atoms with E-state index in [-0.39, 0.29) is 5.91 Å². The van der Waals surface area contributed by atoms with Gasteiger partial charge in [-0.2, -0.15) is 5.10 Å². The lowest BCUT2D eigenvalue weighted by molar-refractivity contribution is 0.102. The minimum absolute atomic E-state index is 0.271. The lowest BCUT2D eigenvalue weighted by Crippen LogP contribution is -2.15. The van der Waals surface area contributed by atoms with Gasteiger partial charge in [0.2, 0.25) is 0 Å². The number of aryl methyl sites for hydroxylation is 1. The molecule has 2 N–H and O–H groups in total. The van der Waals surface area contributed by atoms with Crippen molar-refractivity contribution in [1.29, 1.82) is 0 Å². The molecule has 0 aliphatic heterocycles. The molecule has 0 aliphatic carbocycles. The van der Waals surface area contributed by atoms with Crippen molar-refractivity contribution in [1.82, 2.24) is 15.2 Å². The number of nitrogens with one attached hydrogen (secondary N) is 2. The third kappa shape index (κ3) is 2.60. The summed E-state index contributed by atoms with van der Waals surface area (Å²) in [5.74, 6) is 0.137. The summed E-state index contributed by atoms with van der Waals surface area (Å²) in [7, 11) is 1.76. The van der Waals surface area contributed by atoms with Crippen LogP contribution in [0.1, 0.15) is 16.1 Å². The topological polar surface area (TPSA) is 79.8 Å². The molecule has 6 heteroatoms. The molecule has 6 nitrogen and oxygen atoms in total. The van der Waals surface area contributed by atoms with Crippen molar-refractivity contribution < 1.29 is 4.79 Å². The first kappa shape index (κ1) is 12.0. The van der Waals surface area contributed by atoms with Crippen molar-refractivity contribution in [3.8, 4) is 0 Å². The molecule has 0 aliphatic rings. The van der Waals surface area contributed by atoms with Crippen LogP contribution in [0, 0.1) is 6.92 Å². The number of amides is 1. The molecule has 0 saturated heterocycles. The Morgan fingerprint density at radius 3 is 2.89 bits per heavy atom. The fraction of sp³-hybridized carbons (Fsp3) is 0.167. The molecule has 2 aromatic rings. The van der Waals surface area contributed by atoms with Crippen LogP contribution in [0.3, 0.4) is 0 Å². The van der Waals surface area contributed by atoms with E-state index >= 15 is 0 Å². The number of pyridine rings is 1. The molecule has 2 heterocycles. The summed E-state index contributed by atoms with van der Waals surface area (Å²) in [6, 6.07) is 5.19. The van der Waals surface area contributed by atoms with Gasteiger partial charge in [0, 0.05) is 25.1 Å². The fourth-order valence-electron chi connectivity index (χ4n) is 1.50. The summed E-state index contributed by atoms with van der Waals surface area (Å²) in [5.41, 5.74) is 2.04. The standard InChI is InChI=1S/C12H13N5O/c1-8-6-10(13-2)9(7-14-8)12(18)16-11-4-3-5-15-17-11/h3-7H,1-2H3,(H,13,14)(H,16,17,18). The highest BCUT2D eigenvalue weighted by Crippen LogP contribution is 2.16. The second-order valence-electron chi connectivity index (χ2n) is 3.68. The summed E-state index contributed by atoms with van der Waals surface area (Å²) in [6.45, 7) is 1.87. The molecular formula is C12H13N5O. The lowest BCUT2D eigenvalue weighted by Gasteiger charge is -2.09. The third-order valence-electron chi connectivity index (χ3n) is 2.37. The number of hydrogen-bond acceptors (Lipinski definition) is 5. The summed E-state index contributed by atoms with van der Waals surface area (Å²) < 4.78 is 0. The monoisotopic (exact) mass is 243 g/mol. The molecular weight excluding hydrogens is 230 g/mol. The minimum Gasteiger partial charge on any atom is -0.387 e. The Balaban J connectivity index is 2.24. The number of anilines is 2. The van der Waals surface area contributed by atoms with E-state index in [0.717, 1.165) is 11.4 Å². The Morgan fingerprint density at radius 1 is 1.39 bits per heavy atom. The van der Waals surface area contributed by atoms with E-state index < -0.39 is 0 Å². The second-order valence-corrected chi connectivity index (χ2v) is 3.68. The number of hydrogen-bond donors (Lipinski definition) is 2. The molecule has 0 aromatic carbocycles. The van der Waals surface area contributed by atoms with Crippen molar-refractivity contribution in [3.63, 3.8) is 0 Å². The highest BCUT2D eigenvalue weighted by Gasteiger charge is 2.12. The maximum atomic E-state index is 12.0. The van der Waals surface area contributed by atoms with Crippen LogP contribution in [0.25, 0.3) is 0 Å². The molecule has 18 heavy (non-hydrogen) atoms. The molecule has 0 bridgehead atoms. The predicted octanol–water partition coefficient (Wildman–Crippen LogP) is 1.47. The number of rotatable bonds is 3. The zero-order valence-corrected chi connectivity index (χ0v) is 10.1. The SMILES string of the molecule is CNc1cc(C)ncc1C(=O)Nc1cccnn1. The van der Waals surface area contributed by atoms with Crippen LogP contribution in [-0.2, 0) is 0 Å². The molecule has 2 aromatic heterocycles. The van der Waals surface area contributed by atoms with Crippen molar-refractivity contribution >= 4 is 17.4 Å². The van der Waals surface area contributed by atoms with E-state index in [1.807, 2.05) is 13.0 Å². The first-order valence-electron chi connectivity index (χ1n) is 5.44. The van der Waals surface area contributed by atoms with Crippen molar-refractivity contribution in [2.45, 2.75) is 6.92 Å². The fourth-order valence-corrected chi connectivity index (χ4v) is 1.50. The molecule has 2 rings (SSSR count). The van der Waals surface area contributed by atoms with Crippen LogP contribution < -0.4 is 10.6 Å². The van der Waals surface area contributed by atoms with E-state index in [1.165, 1.54) is 6.20 Å². The molecule has 0 saturated carbocycles. The Bertz CT molecular complexity index is 556. The molecule has 0 fully saturated rings. The molecule has 1 amide bonds. The normalized spacial score (nSPS) is 9.89. The van der Waals surface area contributed by atoms with E-state index in [9.17, 15) is 4.79 Å². The van der Waals surface area contributed by atoms with Crippen LogP contribution in [0.5, 0.6) is 0 Å². The van der Waals surface area contributed by atoms with E-state index in [4.69, 9.17) is 0 Å². The van der Waals surface area contributed by atoms with E-state index in [1.54, 1.807) is 25.4 Å². The number of aromatic nitrogens is 3. The first-order valence-corrected chi connectivity index (χ1v) is 5.44. The van der Waals surface area contributed by atoms with Crippen LogP contribution in [0.2, 0.25) is 0 Å². The largest absolute Gasteiger partial charge is 0.387 e. The maximum absolute atomic E-state index is 12.0. The zero-order chi connectivity index (χ0) is 13.0. The Hall–Kier alpha value is -2.50. The van der Waals surface area contributed by atoms with Gasteiger partial charge < -0.3 is 10.6 Å². The van der Waals surface area contributed by atoms with Crippen molar-refractivity contribution in [3.05, 3.63) is 41.9 Å². The van der Waals surface area contributed by atoms with Gasteiger partial charge in [-0.25, -0.2) is 0 Å². The van der Waals surface area contributed by atoms with Gasteiger partial charge in [-0.3, -0.25) is 9.78 Å². The maximum Gasteiger partial charge on any atom is 0.260 e. The third-order valence-corrected chi connectivity index (χ3v) is 2.37. The van der Waals surface area contributed by atoms with Crippen LogP contribution in [-0.4, -0.2) is 28.1 Å². The van der Waals surface area contributed by atoms with Gasteiger partial charge in [0.15, 0.2) is 5.82 Å². The Labute approximate surface area is 104 Å². The van der Waals surface area contributed by atoms with Gasteiger partial charge in [-0.15, -0.1) is 5.10 Å². The van der Waals surface area contributed by atoms with Gasteiger partial charge in [-0.05, 0) is 25.1 Å². The summed E-state index contributed by atoms with van der Waals surface area (Å²) in [6.07, 6.45) is 3.08. The van der Waals surface area contributed by atoms with Crippen LogP contribution >= 0.6 is 0 Å². The van der Waals surface area contributed by atoms with E-state index in [0.29, 0.717) is 11.4 Å². The highest BCUT2D eigenvalue weighted by atomic mass is 16.1. The zero-order valence-electron chi connectivity index (χ0n) is 10.1. The number of nitrogens with zero attached hydrogens (tertiary/aromatic N) is 3. The summed E-state index contributed by atoms with van der Waals surface area (Å²) in [5, 5.41) is 13.1. The predicted molar refractivity (Wildman–Crippen MR) is 68.5 cm³/mol. The Kier molecular flexibility index (Phi) is 3.47. The Morgan fingerprint density at radius 2 is 2.22 bits per heavy atom. The summed E-state index contributed by atoms with van der Waals surface area (Å²) in [4.78, 5) is 16.2. The quantitative estimate of drug-likeness (QED) is 0.853. The average Bonchev–Trinajstić information content (AvgIpc) is 2.39. The number of carbonyl (C=O) groups is 1. The molecule has 92 valence electrons. The average molecular weight is 243 g/mol. The van der Waals surface area contributed by atoms with E-state index in [2.05, 4.69) is 25.8 Å². The minimum atomic E-state index is -0.271. The molecule has 0 atom stereocenters. The molecule has 0 spiro atoms. The van der Waals surface area contributed by atoms with Gasteiger partial charge in [0.05, 0.1) is 11.3 Å². The summed E-state index contributed by atoms with van der Waals surface area (Å²) >= 11 is 0. The molecule has 0 radical (unpaired) electrons. The van der Waals surface area contributed by atoms with Crippen molar-refractivity contribution in [2.24, 2.45) is 0 Å². The van der Waals surface area contributed by atoms with Crippen molar-refractivity contribution in [2.75, 3.05) is 17.7 Å². The van der Waals surface area contributed by atoms with Gasteiger partial charge >= 0.3 is 0 Å². The highest BCUT2D eigenvalue weighted by molar-refractivity contribution is 6.07. The smallest absolute Gasteiger partial charge is 0.260 e.